The lowest BCUT2D eigenvalue weighted by molar-refractivity contribution is -0.148. The molecule has 1 heterocycles. The second-order valence-electron chi connectivity index (χ2n) is 6.98. The van der Waals surface area contributed by atoms with Gasteiger partial charge in [0.15, 0.2) is 0 Å². The fourth-order valence-corrected chi connectivity index (χ4v) is 3.27. The van der Waals surface area contributed by atoms with E-state index in [4.69, 9.17) is 4.74 Å². The summed E-state index contributed by atoms with van der Waals surface area (Å²) in [6.45, 7) is 11.6. The van der Waals surface area contributed by atoms with Gasteiger partial charge in [-0.25, -0.2) is 0 Å². The molecule has 5 heteroatoms. The van der Waals surface area contributed by atoms with E-state index in [9.17, 15) is 4.79 Å². The Balaban J connectivity index is 1.79. The quantitative estimate of drug-likeness (QED) is 0.713. The average Bonchev–Trinajstić information content (AvgIpc) is 3.28. The first kappa shape index (κ1) is 16.7. The topological polar surface area (TPSA) is 44.8 Å². The standard InChI is InChI=1S/C16H31N3O2/c1-13(2)17-16(3,15(20)21-4)7-8-18-9-11-19(12-10-18)14-5-6-14/h13-14,17H,5-12H2,1-4H3. The first-order chi connectivity index (χ1) is 9.94. The number of esters is 1. The van der Waals surface area contributed by atoms with Crippen molar-refractivity contribution in [1.29, 1.82) is 0 Å². The molecule has 21 heavy (non-hydrogen) atoms. The third-order valence-electron chi connectivity index (χ3n) is 4.64. The van der Waals surface area contributed by atoms with Crippen molar-refractivity contribution in [2.45, 2.75) is 57.7 Å². The lowest BCUT2D eigenvalue weighted by atomic mass is 9.96. The summed E-state index contributed by atoms with van der Waals surface area (Å²) in [6.07, 6.45) is 3.57. The molecule has 1 unspecified atom stereocenters. The summed E-state index contributed by atoms with van der Waals surface area (Å²) in [6, 6.07) is 1.14. The zero-order valence-electron chi connectivity index (χ0n) is 14.0. The molecule has 1 N–H and O–H groups in total. The lowest BCUT2D eigenvalue weighted by Gasteiger charge is -2.37. The molecule has 0 amide bonds. The molecule has 0 bridgehead atoms. The van der Waals surface area contributed by atoms with E-state index in [1.807, 2.05) is 6.92 Å². The van der Waals surface area contributed by atoms with Crippen LogP contribution in [0.1, 0.15) is 40.0 Å². The van der Waals surface area contributed by atoms with Crippen molar-refractivity contribution in [2.24, 2.45) is 0 Å². The van der Waals surface area contributed by atoms with Gasteiger partial charge in [-0.15, -0.1) is 0 Å². The van der Waals surface area contributed by atoms with Gasteiger partial charge in [0, 0.05) is 44.8 Å². The third-order valence-corrected chi connectivity index (χ3v) is 4.64. The Kier molecular flexibility index (Phi) is 5.63. The summed E-state index contributed by atoms with van der Waals surface area (Å²) in [7, 11) is 1.47. The number of ether oxygens (including phenoxy) is 1. The van der Waals surface area contributed by atoms with Crippen LogP contribution >= 0.6 is 0 Å². The molecule has 122 valence electrons. The average molecular weight is 297 g/mol. The molecule has 0 aromatic heterocycles. The summed E-state index contributed by atoms with van der Waals surface area (Å²) in [5.41, 5.74) is -0.587. The Morgan fingerprint density at radius 2 is 1.90 bits per heavy atom. The molecular formula is C16H31N3O2. The Labute approximate surface area is 129 Å². The smallest absolute Gasteiger partial charge is 0.325 e. The van der Waals surface area contributed by atoms with E-state index < -0.39 is 5.54 Å². The fraction of sp³-hybridized carbons (Fsp3) is 0.938. The second-order valence-corrected chi connectivity index (χ2v) is 6.98. The van der Waals surface area contributed by atoms with Crippen molar-refractivity contribution in [3.63, 3.8) is 0 Å². The van der Waals surface area contributed by atoms with Crippen molar-refractivity contribution >= 4 is 5.97 Å². The number of rotatable bonds is 7. The maximum Gasteiger partial charge on any atom is 0.325 e. The van der Waals surface area contributed by atoms with Crippen LogP contribution in [0.5, 0.6) is 0 Å². The summed E-state index contributed by atoms with van der Waals surface area (Å²) in [5.74, 6) is -0.159. The van der Waals surface area contributed by atoms with Gasteiger partial charge in [-0.3, -0.25) is 15.0 Å². The van der Waals surface area contributed by atoms with Gasteiger partial charge >= 0.3 is 5.97 Å². The van der Waals surface area contributed by atoms with Gasteiger partial charge in [-0.1, -0.05) is 0 Å². The Hall–Kier alpha value is -0.650. The highest BCUT2D eigenvalue weighted by atomic mass is 16.5. The number of nitrogens with zero attached hydrogens (tertiary/aromatic N) is 2. The maximum atomic E-state index is 12.1. The minimum absolute atomic E-state index is 0.159. The van der Waals surface area contributed by atoms with Crippen LogP contribution in [0.25, 0.3) is 0 Å². The van der Waals surface area contributed by atoms with Crippen molar-refractivity contribution in [3.8, 4) is 0 Å². The molecule has 2 rings (SSSR count). The summed E-state index contributed by atoms with van der Waals surface area (Å²) in [4.78, 5) is 17.2. The van der Waals surface area contributed by atoms with Crippen LogP contribution in [0.4, 0.5) is 0 Å². The molecule has 1 aliphatic heterocycles. The van der Waals surface area contributed by atoms with Crippen molar-refractivity contribution in [3.05, 3.63) is 0 Å². The molecule has 1 saturated heterocycles. The van der Waals surface area contributed by atoms with E-state index >= 15 is 0 Å². The predicted octanol–water partition coefficient (Wildman–Crippen LogP) is 1.09. The van der Waals surface area contributed by atoms with Crippen molar-refractivity contribution in [2.75, 3.05) is 39.8 Å². The molecule has 1 saturated carbocycles. The van der Waals surface area contributed by atoms with Gasteiger partial charge < -0.3 is 9.64 Å². The van der Waals surface area contributed by atoms with Gasteiger partial charge in [-0.05, 0) is 40.0 Å². The molecule has 2 aliphatic rings. The summed E-state index contributed by atoms with van der Waals surface area (Å²) in [5, 5.41) is 3.37. The predicted molar refractivity (Wildman–Crippen MR) is 84.3 cm³/mol. The molecule has 0 aromatic carbocycles. The maximum absolute atomic E-state index is 12.1. The van der Waals surface area contributed by atoms with Gasteiger partial charge in [-0.2, -0.15) is 0 Å². The zero-order valence-corrected chi connectivity index (χ0v) is 14.0. The van der Waals surface area contributed by atoms with Crippen LogP contribution in [0, 0.1) is 0 Å². The number of piperazine rings is 1. The van der Waals surface area contributed by atoms with Gasteiger partial charge in [0.05, 0.1) is 7.11 Å². The number of carbonyl (C=O) groups excluding carboxylic acids is 1. The van der Waals surface area contributed by atoms with Crippen LogP contribution < -0.4 is 5.32 Å². The van der Waals surface area contributed by atoms with E-state index in [1.54, 1.807) is 0 Å². The Morgan fingerprint density at radius 3 is 2.38 bits per heavy atom. The van der Waals surface area contributed by atoms with Crippen molar-refractivity contribution in [1.82, 2.24) is 15.1 Å². The molecule has 0 radical (unpaired) electrons. The van der Waals surface area contributed by atoms with Crippen LogP contribution in [-0.4, -0.2) is 73.2 Å². The molecule has 2 fully saturated rings. The van der Waals surface area contributed by atoms with Crippen LogP contribution in [0.15, 0.2) is 0 Å². The molecule has 0 aromatic rings. The number of hydrogen-bond acceptors (Lipinski definition) is 5. The molecular weight excluding hydrogens is 266 g/mol. The summed E-state index contributed by atoms with van der Waals surface area (Å²) >= 11 is 0. The van der Waals surface area contributed by atoms with Gasteiger partial charge in [0.25, 0.3) is 0 Å². The fourth-order valence-electron chi connectivity index (χ4n) is 3.27. The lowest BCUT2D eigenvalue weighted by Crippen LogP contribution is -2.55. The molecule has 1 aliphatic carbocycles. The first-order valence-corrected chi connectivity index (χ1v) is 8.27. The number of nitrogens with one attached hydrogen (secondary N) is 1. The Bertz CT molecular complexity index is 349. The highest BCUT2D eigenvalue weighted by Crippen LogP contribution is 2.27. The minimum atomic E-state index is -0.587. The second kappa shape index (κ2) is 7.07. The van der Waals surface area contributed by atoms with Crippen LogP contribution in [0.2, 0.25) is 0 Å². The summed E-state index contributed by atoms with van der Waals surface area (Å²) < 4.78 is 4.98. The molecule has 5 nitrogen and oxygen atoms in total. The van der Waals surface area contributed by atoms with Gasteiger partial charge in [0.2, 0.25) is 0 Å². The molecule has 0 spiro atoms. The van der Waals surface area contributed by atoms with Crippen molar-refractivity contribution < 1.29 is 9.53 Å². The minimum Gasteiger partial charge on any atom is -0.468 e. The van der Waals surface area contributed by atoms with Crippen LogP contribution in [0.3, 0.4) is 0 Å². The van der Waals surface area contributed by atoms with Gasteiger partial charge in [0.1, 0.15) is 5.54 Å². The zero-order chi connectivity index (χ0) is 15.5. The van der Waals surface area contributed by atoms with Crippen LogP contribution in [-0.2, 0) is 9.53 Å². The SMILES string of the molecule is COC(=O)C(C)(CCN1CCN(C2CC2)CC1)NC(C)C. The van der Waals surface area contributed by atoms with E-state index in [1.165, 1.54) is 33.0 Å². The largest absolute Gasteiger partial charge is 0.468 e. The number of carbonyl (C=O) groups is 1. The van der Waals surface area contributed by atoms with E-state index in [2.05, 4.69) is 29.0 Å². The first-order valence-electron chi connectivity index (χ1n) is 8.27. The normalized spacial score (nSPS) is 24.0. The van der Waals surface area contributed by atoms with E-state index in [0.29, 0.717) is 0 Å². The highest BCUT2D eigenvalue weighted by Gasteiger charge is 2.36. The van der Waals surface area contributed by atoms with E-state index in [0.717, 1.165) is 32.1 Å². The van der Waals surface area contributed by atoms with E-state index in [-0.39, 0.29) is 12.0 Å². The number of methoxy groups -OCH3 is 1. The monoisotopic (exact) mass is 297 g/mol. The molecule has 1 atom stereocenters. The Morgan fingerprint density at radius 1 is 1.29 bits per heavy atom. The number of hydrogen-bond donors (Lipinski definition) is 1. The third kappa shape index (κ3) is 4.66. The highest BCUT2D eigenvalue weighted by molar-refractivity contribution is 5.80.